The molecule has 0 aliphatic heterocycles. The lowest BCUT2D eigenvalue weighted by atomic mass is 10.1. The van der Waals surface area contributed by atoms with Crippen molar-refractivity contribution in [3.05, 3.63) is 29.8 Å². The topological polar surface area (TPSA) is 100.0 Å². The molecule has 8 heteroatoms. The molecular weight excluding hydrogens is 356 g/mol. The van der Waals surface area contributed by atoms with Gasteiger partial charge >= 0.3 is 0 Å². The average molecular weight is 389 g/mol. The standard InChI is InChI=1S/C12H17NO5S.C6H15N/c1-9(2)12(14)13-8-7-10-3-5-11(6-4-10)18-19(15,16)17;1-4-7(5-2)6-3/h3-6,9H,7-8H2,1-2H3,(H,13,14)(H,15,16,17);4-6H2,1-3H3. The zero-order chi connectivity index (χ0) is 20.2. The van der Waals surface area contributed by atoms with E-state index >= 15 is 0 Å². The van der Waals surface area contributed by atoms with Gasteiger partial charge in [-0.1, -0.05) is 26.0 Å². The first-order valence-corrected chi connectivity index (χ1v) is 10.3. The van der Waals surface area contributed by atoms with Gasteiger partial charge in [0, 0.05) is 12.5 Å². The zero-order valence-corrected chi connectivity index (χ0v) is 17.2. The van der Waals surface area contributed by atoms with Crippen LogP contribution < -0.4 is 14.4 Å². The van der Waals surface area contributed by atoms with E-state index in [0.717, 1.165) is 5.56 Å². The van der Waals surface area contributed by atoms with E-state index in [0.29, 0.717) is 13.0 Å². The van der Waals surface area contributed by atoms with Gasteiger partial charge in [0.25, 0.3) is 10.4 Å². The van der Waals surface area contributed by atoms with Crippen molar-refractivity contribution < 1.29 is 26.8 Å². The number of nitrogens with one attached hydrogen (secondary N) is 2. The minimum atomic E-state index is -4.73. The van der Waals surface area contributed by atoms with Crippen molar-refractivity contribution in [2.75, 3.05) is 26.2 Å². The number of hydrogen-bond donors (Lipinski definition) is 2. The van der Waals surface area contributed by atoms with Gasteiger partial charge in [-0.3, -0.25) is 4.79 Å². The van der Waals surface area contributed by atoms with E-state index in [1.807, 2.05) is 13.8 Å². The summed E-state index contributed by atoms with van der Waals surface area (Å²) < 4.78 is 35.3. The van der Waals surface area contributed by atoms with Gasteiger partial charge in [-0.15, -0.1) is 0 Å². The zero-order valence-electron chi connectivity index (χ0n) is 16.4. The molecule has 0 atom stereocenters. The molecule has 0 aromatic heterocycles. The molecule has 1 amide bonds. The molecule has 26 heavy (non-hydrogen) atoms. The molecule has 7 nitrogen and oxygen atoms in total. The molecule has 1 aromatic carbocycles. The Bertz CT molecular complexity index is 605. The lowest BCUT2D eigenvalue weighted by Crippen LogP contribution is -3.11. The van der Waals surface area contributed by atoms with Crippen molar-refractivity contribution in [2.45, 2.75) is 41.0 Å². The molecular formula is C18H32N2O5S. The molecule has 1 aromatic rings. The van der Waals surface area contributed by atoms with Crippen molar-refractivity contribution in [1.29, 1.82) is 0 Å². The first kappa shape index (κ1) is 24.4. The Labute approximate surface area is 157 Å². The summed E-state index contributed by atoms with van der Waals surface area (Å²) in [4.78, 5) is 13.0. The third-order valence-corrected chi connectivity index (χ3v) is 4.26. The lowest BCUT2D eigenvalue weighted by Gasteiger charge is -2.10. The second kappa shape index (κ2) is 12.7. The number of carbonyl (C=O) groups is 1. The maximum absolute atomic E-state index is 11.3. The van der Waals surface area contributed by atoms with Gasteiger partial charge in [-0.25, -0.2) is 8.42 Å². The molecule has 0 bridgehead atoms. The molecule has 0 radical (unpaired) electrons. The second-order valence-electron chi connectivity index (χ2n) is 6.14. The van der Waals surface area contributed by atoms with Crippen molar-refractivity contribution in [1.82, 2.24) is 5.32 Å². The van der Waals surface area contributed by atoms with Crippen LogP contribution in [0.5, 0.6) is 5.75 Å². The number of rotatable bonds is 9. The molecule has 0 fully saturated rings. The third-order valence-electron chi connectivity index (χ3n) is 3.86. The highest BCUT2D eigenvalue weighted by Crippen LogP contribution is 2.13. The highest BCUT2D eigenvalue weighted by molar-refractivity contribution is 7.81. The number of benzene rings is 1. The minimum absolute atomic E-state index is 0.0163. The predicted octanol–water partition coefficient (Wildman–Crippen LogP) is 0.771. The van der Waals surface area contributed by atoms with Gasteiger partial charge in [-0.05, 0) is 44.9 Å². The number of quaternary nitrogens is 1. The van der Waals surface area contributed by atoms with Crippen LogP contribution in [0.2, 0.25) is 0 Å². The smallest absolute Gasteiger partial charge is 0.262 e. The van der Waals surface area contributed by atoms with Crippen LogP contribution >= 0.6 is 0 Å². The van der Waals surface area contributed by atoms with Crippen molar-refractivity contribution in [3.8, 4) is 5.75 Å². The molecule has 0 aliphatic carbocycles. The largest absolute Gasteiger partial charge is 0.716 e. The Balaban J connectivity index is 0.000000758. The lowest BCUT2D eigenvalue weighted by molar-refractivity contribution is -0.894. The molecule has 0 saturated heterocycles. The molecule has 1 rings (SSSR count). The highest BCUT2D eigenvalue weighted by Gasteiger charge is 2.05. The van der Waals surface area contributed by atoms with E-state index in [9.17, 15) is 17.8 Å². The van der Waals surface area contributed by atoms with Crippen LogP contribution in [0, 0.1) is 5.92 Å². The summed E-state index contributed by atoms with van der Waals surface area (Å²) in [7, 11) is -4.73. The fourth-order valence-corrected chi connectivity index (χ4v) is 2.46. The molecule has 0 heterocycles. The Kier molecular flexibility index (Phi) is 11.9. The van der Waals surface area contributed by atoms with Gasteiger partial charge in [0.1, 0.15) is 5.75 Å². The highest BCUT2D eigenvalue weighted by atomic mass is 32.3. The molecule has 0 spiro atoms. The Hall–Kier alpha value is -1.64. The van der Waals surface area contributed by atoms with Crippen LogP contribution in [0.25, 0.3) is 0 Å². The van der Waals surface area contributed by atoms with E-state index < -0.39 is 10.4 Å². The Morgan fingerprint density at radius 1 is 1.12 bits per heavy atom. The fraction of sp³-hybridized carbons (Fsp3) is 0.611. The summed E-state index contributed by atoms with van der Waals surface area (Å²) in [5, 5.41) is 2.77. The average Bonchev–Trinajstić information content (AvgIpc) is 2.57. The van der Waals surface area contributed by atoms with Gasteiger partial charge in [0.05, 0.1) is 19.6 Å². The van der Waals surface area contributed by atoms with E-state index in [4.69, 9.17) is 0 Å². The molecule has 2 N–H and O–H groups in total. The predicted molar refractivity (Wildman–Crippen MR) is 101 cm³/mol. The molecule has 0 unspecified atom stereocenters. The van der Waals surface area contributed by atoms with Crippen molar-refractivity contribution >= 4 is 16.3 Å². The van der Waals surface area contributed by atoms with Gasteiger partial charge in [0.2, 0.25) is 5.91 Å². The maximum Gasteiger partial charge on any atom is 0.262 e. The first-order valence-electron chi connectivity index (χ1n) is 8.98. The second-order valence-corrected chi connectivity index (χ2v) is 7.13. The Morgan fingerprint density at radius 2 is 1.62 bits per heavy atom. The van der Waals surface area contributed by atoms with Gasteiger partial charge < -0.3 is 19.0 Å². The summed E-state index contributed by atoms with van der Waals surface area (Å²) in [6.45, 7) is 14.6. The number of carbonyl (C=O) groups excluding carboxylic acids is 1. The first-order chi connectivity index (χ1) is 12.1. The normalized spacial score (nSPS) is 11.1. The van der Waals surface area contributed by atoms with E-state index in [-0.39, 0.29) is 17.6 Å². The quantitative estimate of drug-likeness (QED) is 0.481. The van der Waals surface area contributed by atoms with E-state index in [2.05, 4.69) is 30.3 Å². The van der Waals surface area contributed by atoms with Crippen LogP contribution in [0.1, 0.15) is 40.2 Å². The summed E-state index contributed by atoms with van der Waals surface area (Å²) in [5.74, 6) is -0.0968. The van der Waals surface area contributed by atoms with Gasteiger partial charge in [-0.2, -0.15) is 0 Å². The molecule has 0 saturated carbocycles. The van der Waals surface area contributed by atoms with Crippen LogP contribution in [0.3, 0.4) is 0 Å². The van der Waals surface area contributed by atoms with Crippen LogP contribution in [0.4, 0.5) is 0 Å². The monoisotopic (exact) mass is 388 g/mol. The maximum atomic E-state index is 11.3. The van der Waals surface area contributed by atoms with E-state index in [1.165, 1.54) is 31.8 Å². The van der Waals surface area contributed by atoms with Crippen molar-refractivity contribution in [3.63, 3.8) is 0 Å². The summed E-state index contributed by atoms with van der Waals surface area (Å²) in [5.41, 5.74) is 0.903. The minimum Gasteiger partial charge on any atom is -0.716 e. The molecule has 150 valence electrons. The van der Waals surface area contributed by atoms with Crippen LogP contribution in [-0.2, 0) is 21.6 Å². The fourth-order valence-electron chi connectivity index (χ4n) is 2.11. The van der Waals surface area contributed by atoms with Crippen molar-refractivity contribution in [2.24, 2.45) is 5.92 Å². The summed E-state index contributed by atoms with van der Waals surface area (Å²) in [6.07, 6.45) is 0.614. The van der Waals surface area contributed by atoms with E-state index in [1.54, 1.807) is 17.0 Å². The number of amides is 1. The number of hydrogen-bond acceptors (Lipinski definition) is 5. The molecule has 0 aliphatic rings. The summed E-state index contributed by atoms with van der Waals surface area (Å²) >= 11 is 0. The SMILES string of the molecule is CC(C)C(=O)NCCc1ccc(OS(=O)(=O)[O-])cc1.CC[NH+](CC)CC. The Morgan fingerprint density at radius 3 is 1.96 bits per heavy atom. The van der Waals surface area contributed by atoms with Crippen LogP contribution in [-0.4, -0.2) is 45.1 Å². The summed E-state index contributed by atoms with van der Waals surface area (Å²) in [6, 6.07) is 6.08. The van der Waals surface area contributed by atoms with Crippen LogP contribution in [0.15, 0.2) is 24.3 Å². The van der Waals surface area contributed by atoms with Gasteiger partial charge in [0.15, 0.2) is 0 Å². The third kappa shape index (κ3) is 11.8.